The average molecular weight is 251 g/mol. The molecule has 4 nitrogen and oxygen atoms in total. The molecular formula is C10H16F3N3O. The van der Waals surface area contributed by atoms with E-state index in [4.69, 9.17) is 5.73 Å². The van der Waals surface area contributed by atoms with Crippen molar-refractivity contribution in [2.45, 2.75) is 44.6 Å². The number of hydrogen-bond acceptors (Lipinski definition) is 3. The summed E-state index contributed by atoms with van der Waals surface area (Å²) in [6.45, 7) is 3.37. The Morgan fingerprint density at radius 1 is 1.47 bits per heavy atom. The van der Waals surface area contributed by atoms with Gasteiger partial charge in [-0.15, -0.1) is 0 Å². The fourth-order valence-electron chi connectivity index (χ4n) is 1.75. The van der Waals surface area contributed by atoms with Crippen LogP contribution in [0.5, 0.6) is 0 Å². The standard InChI is InChI=1S/C10H16F3N3O/c1-3-7(14)9(17,10(11,12)13)8-5-6-15-16(8)4-2/h5-7,17H,3-4,14H2,1-2H3. The van der Waals surface area contributed by atoms with E-state index in [0.29, 0.717) is 0 Å². The third-order valence-corrected chi connectivity index (χ3v) is 2.82. The lowest BCUT2D eigenvalue weighted by Crippen LogP contribution is -2.56. The maximum Gasteiger partial charge on any atom is 0.424 e. The van der Waals surface area contributed by atoms with Gasteiger partial charge in [0.15, 0.2) is 0 Å². The number of rotatable bonds is 4. The molecule has 1 rings (SSSR count). The lowest BCUT2D eigenvalue weighted by molar-refractivity contribution is -0.277. The summed E-state index contributed by atoms with van der Waals surface area (Å²) in [4.78, 5) is 0. The second kappa shape index (κ2) is 4.66. The Kier molecular flexibility index (Phi) is 3.83. The molecule has 0 spiro atoms. The Balaban J connectivity index is 3.34. The van der Waals surface area contributed by atoms with Gasteiger partial charge in [-0.1, -0.05) is 6.92 Å². The van der Waals surface area contributed by atoms with E-state index in [1.165, 1.54) is 13.1 Å². The molecule has 3 N–H and O–H groups in total. The molecular weight excluding hydrogens is 235 g/mol. The highest BCUT2D eigenvalue weighted by atomic mass is 19.4. The highest BCUT2D eigenvalue weighted by Crippen LogP contribution is 2.41. The van der Waals surface area contributed by atoms with Crippen molar-refractivity contribution in [2.24, 2.45) is 5.73 Å². The van der Waals surface area contributed by atoms with E-state index in [9.17, 15) is 18.3 Å². The Bertz CT molecular complexity index is 377. The minimum absolute atomic E-state index is 0.00487. The Hall–Kier alpha value is -1.08. The molecule has 1 aromatic heterocycles. The van der Waals surface area contributed by atoms with E-state index >= 15 is 0 Å². The van der Waals surface area contributed by atoms with Crippen LogP contribution in [0, 0.1) is 0 Å². The molecule has 0 aliphatic rings. The van der Waals surface area contributed by atoms with Gasteiger partial charge in [-0.2, -0.15) is 18.3 Å². The summed E-state index contributed by atoms with van der Waals surface area (Å²) >= 11 is 0. The Morgan fingerprint density at radius 2 is 2.06 bits per heavy atom. The van der Waals surface area contributed by atoms with Gasteiger partial charge in [0.2, 0.25) is 5.60 Å². The molecule has 0 aromatic carbocycles. The summed E-state index contributed by atoms with van der Waals surface area (Å²) in [6, 6.07) is -0.281. The zero-order valence-corrected chi connectivity index (χ0v) is 9.70. The molecule has 2 atom stereocenters. The van der Waals surface area contributed by atoms with E-state index in [0.717, 1.165) is 10.7 Å². The summed E-state index contributed by atoms with van der Waals surface area (Å²) in [6.07, 6.45) is -3.61. The van der Waals surface area contributed by atoms with E-state index in [-0.39, 0.29) is 18.7 Å². The van der Waals surface area contributed by atoms with Gasteiger partial charge >= 0.3 is 6.18 Å². The van der Waals surface area contributed by atoms with Gasteiger partial charge in [-0.25, -0.2) is 0 Å². The number of alkyl halides is 3. The predicted molar refractivity (Wildman–Crippen MR) is 56.1 cm³/mol. The smallest absolute Gasteiger partial charge is 0.374 e. The van der Waals surface area contributed by atoms with Crippen molar-refractivity contribution < 1.29 is 18.3 Å². The van der Waals surface area contributed by atoms with Crippen molar-refractivity contribution in [1.29, 1.82) is 0 Å². The predicted octanol–water partition coefficient (Wildman–Crippen LogP) is 1.39. The molecule has 98 valence electrons. The van der Waals surface area contributed by atoms with Crippen molar-refractivity contribution in [1.82, 2.24) is 9.78 Å². The monoisotopic (exact) mass is 251 g/mol. The molecule has 0 aliphatic heterocycles. The number of aryl methyl sites for hydroxylation is 1. The zero-order valence-electron chi connectivity index (χ0n) is 9.70. The minimum Gasteiger partial charge on any atom is -0.374 e. The van der Waals surface area contributed by atoms with E-state index in [1.807, 2.05) is 0 Å². The molecule has 0 fully saturated rings. The van der Waals surface area contributed by atoms with Gasteiger partial charge in [-0.05, 0) is 19.4 Å². The summed E-state index contributed by atoms with van der Waals surface area (Å²) in [5, 5.41) is 13.7. The number of nitrogens with two attached hydrogens (primary N) is 1. The van der Waals surface area contributed by atoms with Crippen LogP contribution in [-0.2, 0) is 12.1 Å². The summed E-state index contributed by atoms with van der Waals surface area (Å²) in [5.41, 5.74) is 2.06. The third kappa shape index (κ3) is 2.16. The van der Waals surface area contributed by atoms with Crippen molar-refractivity contribution in [2.75, 3.05) is 0 Å². The van der Waals surface area contributed by atoms with Gasteiger partial charge in [-0.3, -0.25) is 4.68 Å². The zero-order chi connectivity index (χ0) is 13.3. The lowest BCUT2D eigenvalue weighted by atomic mass is 9.88. The fraction of sp³-hybridized carbons (Fsp3) is 0.700. The van der Waals surface area contributed by atoms with Crippen molar-refractivity contribution in [3.8, 4) is 0 Å². The van der Waals surface area contributed by atoms with Crippen LogP contribution in [-0.4, -0.2) is 27.1 Å². The van der Waals surface area contributed by atoms with E-state index < -0.39 is 17.8 Å². The molecule has 7 heteroatoms. The first-order chi connectivity index (χ1) is 7.79. The number of nitrogens with zero attached hydrogens (tertiary/aromatic N) is 2. The maximum atomic E-state index is 13.1. The Labute approximate surface area is 97.2 Å². The molecule has 1 aromatic rings. The summed E-state index contributed by atoms with van der Waals surface area (Å²) < 4.78 is 40.3. The van der Waals surface area contributed by atoms with Gasteiger partial charge in [0.05, 0.1) is 5.69 Å². The second-order valence-electron chi connectivity index (χ2n) is 3.81. The van der Waals surface area contributed by atoms with Crippen LogP contribution < -0.4 is 5.73 Å². The largest absolute Gasteiger partial charge is 0.424 e. The van der Waals surface area contributed by atoms with Crippen LogP contribution in [0.2, 0.25) is 0 Å². The highest BCUT2D eigenvalue weighted by molar-refractivity contribution is 5.18. The number of aromatic nitrogens is 2. The van der Waals surface area contributed by atoms with Crippen LogP contribution in [0.3, 0.4) is 0 Å². The second-order valence-corrected chi connectivity index (χ2v) is 3.81. The summed E-state index contributed by atoms with van der Waals surface area (Å²) in [5.74, 6) is 0. The number of halogens is 3. The number of hydrogen-bond donors (Lipinski definition) is 2. The molecule has 0 bridgehead atoms. The first-order valence-corrected chi connectivity index (χ1v) is 5.36. The third-order valence-electron chi connectivity index (χ3n) is 2.82. The van der Waals surface area contributed by atoms with Crippen LogP contribution in [0.25, 0.3) is 0 Å². The topological polar surface area (TPSA) is 64.1 Å². The number of aliphatic hydroxyl groups is 1. The Morgan fingerprint density at radius 3 is 2.47 bits per heavy atom. The molecule has 0 aliphatic carbocycles. The van der Waals surface area contributed by atoms with Crippen molar-refractivity contribution >= 4 is 0 Å². The quantitative estimate of drug-likeness (QED) is 0.850. The maximum absolute atomic E-state index is 13.1. The molecule has 1 heterocycles. The van der Waals surface area contributed by atoms with Crippen molar-refractivity contribution in [3.63, 3.8) is 0 Å². The lowest BCUT2D eigenvalue weighted by Gasteiger charge is -2.35. The average Bonchev–Trinajstić information content (AvgIpc) is 2.73. The van der Waals surface area contributed by atoms with Gasteiger partial charge < -0.3 is 10.8 Å². The highest BCUT2D eigenvalue weighted by Gasteiger charge is 2.59. The molecule has 2 unspecified atom stereocenters. The fourth-order valence-corrected chi connectivity index (χ4v) is 1.75. The van der Waals surface area contributed by atoms with Gasteiger partial charge in [0.25, 0.3) is 0 Å². The minimum atomic E-state index is -4.84. The molecule has 17 heavy (non-hydrogen) atoms. The van der Waals surface area contributed by atoms with Crippen molar-refractivity contribution in [3.05, 3.63) is 18.0 Å². The van der Waals surface area contributed by atoms with Crippen LogP contribution in [0.1, 0.15) is 26.0 Å². The molecule has 0 saturated heterocycles. The van der Waals surface area contributed by atoms with E-state index in [1.54, 1.807) is 6.92 Å². The first kappa shape index (κ1) is 14.0. The SMILES string of the molecule is CCC(N)C(O)(c1ccnn1CC)C(F)(F)F. The molecule has 0 saturated carbocycles. The normalized spacial score (nSPS) is 17.8. The van der Waals surface area contributed by atoms with Crippen LogP contribution in [0.4, 0.5) is 13.2 Å². The van der Waals surface area contributed by atoms with E-state index in [2.05, 4.69) is 5.10 Å². The van der Waals surface area contributed by atoms with Crippen LogP contribution in [0.15, 0.2) is 12.3 Å². The first-order valence-electron chi connectivity index (χ1n) is 5.36. The molecule has 0 amide bonds. The van der Waals surface area contributed by atoms with Gasteiger partial charge in [0.1, 0.15) is 0 Å². The van der Waals surface area contributed by atoms with Crippen LogP contribution >= 0.6 is 0 Å². The summed E-state index contributed by atoms with van der Waals surface area (Å²) in [7, 11) is 0. The van der Waals surface area contributed by atoms with Gasteiger partial charge in [0, 0.05) is 18.8 Å². The molecule has 0 radical (unpaired) electrons.